The molecular weight excluding hydrogens is 492 g/mol. The Morgan fingerprint density at radius 1 is 0.366 bits per heavy atom. The highest BCUT2D eigenvalue weighted by molar-refractivity contribution is 6.25. The van der Waals surface area contributed by atoms with Crippen LogP contribution in [0.15, 0.2) is 133 Å². The zero-order chi connectivity index (χ0) is 27.3. The molecule has 0 bridgehead atoms. The smallest absolute Gasteiger partial charge is 0.0159 e. The third kappa shape index (κ3) is 3.11. The van der Waals surface area contributed by atoms with Gasteiger partial charge in [-0.1, -0.05) is 123 Å². The molecule has 0 heterocycles. The molecule has 0 unspecified atom stereocenters. The molecule has 41 heavy (non-hydrogen) atoms. The van der Waals surface area contributed by atoms with Crippen LogP contribution >= 0.6 is 0 Å². The Hall–Kier alpha value is -4.94. The average Bonchev–Trinajstić information content (AvgIpc) is 3.23. The van der Waals surface area contributed by atoms with E-state index in [4.69, 9.17) is 0 Å². The maximum atomic E-state index is 2.51. The summed E-state index contributed by atoms with van der Waals surface area (Å²) in [7, 11) is 0. The van der Waals surface area contributed by atoms with Gasteiger partial charge in [-0.3, -0.25) is 0 Å². The second kappa shape index (κ2) is 8.05. The normalized spacial score (nSPS) is 13.8. The summed E-state index contributed by atoms with van der Waals surface area (Å²) >= 11 is 0. The van der Waals surface area contributed by atoms with Crippen LogP contribution in [0, 0.1) is 0 Å². The van der Waals surface area contributed by atoms with Gasteiger partial charge in [0.25, 0.3) is 0 Å². The molecule has 0 nitrogen and oxygen atoms in total. The van der Waals surface area contributed by atoms with Crippen LogP contribution in [-0.4, -0.2) is 0 Å². The number of rotatable bonds is 2. The molecule has 0 atom stereocenters. The molecule has 0 aromatic heterocycles. The largest absolute Gasteiger partial charge is 0.0622 e. The van der Waals surface area contributed by atoms with Crippen molar-refractivity contribution in [3.8, 4) is 33.4 Å². The van der Waals surface area contributed by atoms with E-state index >= 15 is 0 Å². The molecule has 8 aromatic carbocycles. The second-order valence-corrected chi connectivity index (χ2v) is 12.1. The molecule has 0 fully saturated rings. The lowest BCUT2D eigenvalue weighted by Gasteiger charge is -2.24. The van der Waals surface area contributed by atoms with Crippen molar-refractivity contribution < 1.29 is 0 Å². The fourth-order valence-electron chi connectivity index (χ4n) is 7.51. The van der Waals surface area contributed by atoms with Crippen LogP contribution in [0.2, 0.25) is 0 Å². The van der Waals surface area contributed by atoms with Crippen LogP contribution in [0.3, 0.4) is 0 Å². The van der Waals surface area contributed by atoms with Crippen LogP contribution in [-0.2, 0) is 5.41 Å². The molecule has 1 aliphatic carbocycles. The maximum Gasteiger partial charge on any atom is 0.0159 e. The highest BCUT2D eigenvalue weighted by Crippen LogP contribution is 2.53. The van der Waals surface area contributed by atoms with Crippen molar-refractivity contribution in [1.29, 1.82) is 0 Å². The predicted octanol–water partition coefficient (Wildman–Crippen LogP) is 11.4. The number of hydrogen-bond donors (Lipinski definition) is 0. The average molecular weight is 521 g/mol. The number of benzene rings is 8. The van der Waals surface area contributed by atoms with Gasteiger partial charge in [0.1, 0.15) is 0 Å². The van der Waals surface area contributed by atoms with Crippen molar-refractivity contribution >= 4 is 43.1 Å². The van der Waals surface area contributed by atoms with Crippen molar-refractivity contribution in [1.82, 2.24) is 0 Å². The Morgan fingerprint density at radius 2 is 0.951 bits per heavy atom. The van der Waals surface area contributed by atoms with Crippen molar-refractivity contribution in [3.05, 3.63) is 145 Å². The summed E-state index contributed by atoms with van der Waals surface area (Å²) in [5, 5.41) is 10.6. The van der Waals surface area contributed by atoms with E-state index in [-0.39, 0.29) is 5.41 Å². The van der Waals surface area contributed by atoms with Gasteiger partial charge in [-0.15, -0.1) is 0 Å². The van der Waals surface area contributed by atoms with Gasteiger partial charge in [0.05, 0.1) is 0 Å². The highest BCUT2D eigenvalue weighted by atomic mass is 14.4. The van der Waals surface area contributed by atoms with Gasteiger partial charge in [0, 0.05) is 5.41 Å². The summed E-state index contributed by atoms with van der Waals surface area (Å²) in [5.41, 5.74) is 10.6. The first kappa shape index (κ1) is 22.8. The molecule has 8 aromatic rings. The summed E-state index contributed by atoms with van der Waals surface area (Å²) in [6, 6.07) is 50.0. The predicted molar refractivity (Wildman–Crippen MR) is 176 cm³/mol. The van der Waals surface area contributed by atoms with Crippen LogP contribution in [0.1, 0.15) is 25.0 Å². The van der Waals surface area contributed by atoms with Crippen LogP contribution in [0.5, 0.6) is 0 Å². The summed E-state index contributed by atoms with van der Waals surface area (Å²) < 4.78 is 0. The lowest BCUT2D eigenvalue weighted by Crippen LogP contribution is -2.15. The molecule has 9 rings (SSSR count). The van der Waals surface area contributed by atoms with Gasteiger partial charge in [0.15, 0.2) is 0 Å². The quantitative estimate of drug-likeness (QED) is 0.199. The summed E-state index contributed by atoms with van der Waals surface area (Å²) in [6.07, 6.45) is 0. The van der Waals surface area contributed by atoms with E-state index in [2.05, 4.69) is 147 Å². The molecule has 192 valence electrons. The van der Waals surface area contributed by atoms with Gasteiger partial charge in [0.2, 0.25) is 0 Å². The first-order valence-corrected chi connectivity index (χ1v) is 14.5. The SMILES string of the molecule is CC1(C)c2cc(-c3ccc4ccc5cccc6ccc3c4c56)c(-c3ccccc3)cc2-c2cc3ccccc3cc21. The summed E-state index contributed by atoms with van der Waals surface area (Å²) in [6.45, 7) is 4.78. The standard InChI is InChI=1S/C41H28/c1-41(2)37-22-30-12-7-6-11-29(30)21-35(37)36-23-33(25-9-4-3-5-10-25)34(24-38(36)41)31-19-17-28-16-15-26-13-8-14-27-18-20-32(31)40(28)39(26)27/h3-24H,1-2H3. The molecule has 0 radical (unpaired) electrons. The molecule has 1 aliphatic rings. The van der Waals surface area contributed by atoms with Crippen LogP contribution in [0.4, 0.5) is 0 Å². The van der Waals surface area contributed by atoms with Crippen LogP contribution in [0.25, 0.3) is 76.5 Å². The number of fused-ring (bicyclic) bond motifs is 4. The van der Waals surface area contributed by atoms with Crippen molar-refractivity contribution in [3.63, 3.8) is 0 Å². The third-order valence-electron chi connectivity index (χ3n) is 9.58. The minimum atomic E-state index is -0.0948. The molecule has 0 spiro atoms. The van der Waals surface area contributed by atoms with E-state index in [0.717, 1.165) is 0 Å². The lowest BCUT2D eigenvalue weighted by molar-refractivity contribution is 0.661. The summed E-state index contributed by atoms with van der Waals surface area (Å²) in [4.78, 5) is 0. The van der Waals surface area contributed by atoms with E-state index in [1.54, 1.807) is 0 Å². The monoisotopic (exact) mass is 520 g/mol. The van der Waals surface area contributed by atoms with Crippen molar-refractivity contribution in [2.45, 2.75) is 19.3 Å². The molecule has 0 heteroatoms. The second-order valence-electron chi connectivity index (χ2n) is 12.1. The van der Waals surface area contributed by atoms with Gasteiger partial charge in [-0.2, -0.15) is 0 Å². The Balaban J connectivity index is 1.39. The van der Waals surface area contributed by atoms with Gasteiger partial charge < -0.3 is 0 Å². The van der Waals surface area contributed by atoms with E-state index in [9.17, 15) is 0 Å². The zero-order valence-electron chi connectivity index (χ0n) is 23.2. The van der Waals surface area contributed by atoms with Gasteiger partial charge >= 0.3 is 0 Å². The van der Waals surface area contributed by atoms with Crippen molar-refractivity contribution in [2.75, 3.05) is 0 Å². The first-order chi connectivity index (χ1) is 20.1. The Morgan fingerprint density at radius 3 is 1.73 bits per heavy atom. The molecule has 0 saturated carbocycles. The molecule has 0 aliphatic heterocycles. The molecule has 0 N–H and O–H groups in total. The first-order valence-electron chi connectivity index (χ1n) is 14.5. The van der Waals surface area contributed by atoms with E-state index in [1.165, 1.54) is 87.6 Å². The van der Waals surface area contributed by atoms with Gasteiger partial charge in [-0.25, -0.2) is 0 Å². The zero-order valence-corrected chi connectivity index (χ0v) is 23.2. The fraction of sp³-hybridized carbons (Fsp3) is 0.0732. The topological polar surface area (TPSA) is 0 Å². The minimum Gasteiger partial charge on any atom is -0.0622 e. The van der Waals surface area contributed by atoms with E-state index in [0.29, 0.717) is 0 Å². The summed E-state index contributed by atoms with van der Waals surface area (Å²) in [5.74, 6) is 0. The fourth-order valence-corrected chi connectivity index (χ4v) is 7.51. The highest BCUT2D eigenvalue weighted by Gasteiger charge is 2.37. The Labute approximate surface area is 239 Å². The molecular formula is C41H28. The van der Waals surface area contributed by atoms with Crippen molar-refractivity contribution in [2.24, 2.45) is 0 Å². The van der Waals surface area contributed by atoms with Gasteiger partial charge in [-0.05, 0) is 112 Å². The van der Waals surface area contributed by atoms with Crippen LogP contribution < -0.4 is 0 Å². The number of hydrogen-bond acceptors (Lipinski definition) is 0. The Kier molecular flexibility index (Phi) is 4.49. The Bertz CT molecular complexity index is 2300. The molecule has 0 amide bonds. The third-order valence-corrected chi connectivity index (χ3v) is 9.58. The molecule has 0 saturated heterocycles. The minimum absolute atomic E-state index is 0.0948. The lowest BCUT2D eigenvalue weighted by atomic mass is 9.79. The van der Waals surface area contributed by atoms with E-state index < -0.39 is 0 Å². The van der Waals surface area contributed by atoms with E-state index in [1.807, 2.05) is 0 Å². The maximum absolute atomic E-state index is 2.51.